The molecule has 0 aromatic heterocycles. The Labute approximate surface area is 129 Å². The molecule has 1 heterocycles. The Morgan fingerprint density at radius 3 is 2.06 bits per heavy atom. The molecule has 0 N–H and O–H groups in total. The van der Waals surface area contributed by atoms with Gasteiger partial charge in [-0.15, -0.1) is 24.0 Å². The zero-order chi connectivity index (χ0) is 12.7. The van der Waals surface area contributed by atoms with E-state index in [1.807, 2.05) is 28.2 Å². The average molecular weight is 368 g/mol. The van der Waals surface area contributed by atoms with E-state index in [0.717, 1.165) is 12.5 Å². The van der Waals surface area contributed by atoms with E-state index in [1.165, 1.54) is 45.3 Å². The Morgan fingerprint density at radius 1 is 1.00 bits per heavy atom. The van der Waals surface area contributed by atoms with Crippen molar-refractivity contribution < 1.29 is 0 Å². The van der Waals surface area contributed by atoms with Gasteiger partial charge in [0.1, 0.15) is 0 Å². The van der Waals surface area contributed by atoms with Gasteiger partial charge in [0, 0.05) is 34.7 Å². The molecule has 4 nitrogen and oxygen atoms in total. The normalized spacial score (nSPS) is 15.8. The molecular formula is C13H29IN4. The Balaban J connectivity index is 0.00000289. The molecule has 18 heavy (non-hydrogen) atoms. The maximum absolute atomic E-state index is 4.65. The molecule has 0 bridgehead atoms. The highest BCUT2D eigenvalue weighted by atomic mass is 127. The molecule has 0 aromatic rings. The molecule has 1 aliphatic heterocycles. The Morgan fingerprint density at radius 2 is 1.56 bits per heavy atom. The van der Waals surface area contributed by atoms with Crippen LogP contribution in [-0.2, 0) is 0 Å². The van der Waals surface area contributed by atoms with Gasteiger partial charge in [0.05, 0.1) is 0 Å². The number of aliphatic imine (C=N–C) groups is 1. The van der Waals surface area contributed by atoms with Crippen molar-refractivity contribution in [3.8, 4) is 0 Å². The Kier molecular flexibility index (Phi) is 9.81. The molecule has 1 rings (SSSR count). The van der Waals surface area contributed by atoms with Gasteiger partial charge in [0.25, 0.3) is 0 Å². The van der Waals surface area contributed by atoms with Crippen LogP contribution in [0, 0.1) is 0 Å². The molecule has 0 saturated carbocycles. The van der Waals surface area contributed by atoms with Crippen LogP contribution in [0.25, 0.3) is 0 Å². The molecule has 108 valence electrons. The van der Waals surface area contributed by atoms with Gasteiger partial charge in [0.2, 0.25) is 0 Å². The molecule has 1 fully saturated rings. The summed E-state index contributed by atoms with van der Waals surface area (Å²) < 4.78 is 0. The van der Waals surface area contributed by atoms with Crippen LogP contribution in [0.3, 0.4) is 0 Å². The minimum atomic E-state index is 0. The average Bonchev–Trinajstić information content (AvgIpc) is 2.29. The molecule has 0 atom stereocenters. The van der Waals surface area contributed by atoms with Crippen LogP contribution < -0.4 is 0 Å². The fourth-order valence-corrected chi connectivity index (χ4v) is 2.34. The van der Waals surface area contributed by atoms with Gasteiger partial charge in [-0.3, -0.25) is 4.99 Å². The lowest BCUT2D eigenvalue weighted by molar-refractivity contribution is 0.227. The lowest BCUT2D eigenvalue weighted by Gasteiger charge is -2.26. The first kappa shape index (κ1) is 18.0. The van der Waals surface area contributed by atoms with E-state index in [4.69, 9.17) is 0 Å². The van der Waals surface area contributed by atoms with Crippen LogP contribution in [-0.4, -0.2) is 75.0 Å². The van der Waals surface area contributed by atoms with Gasteiger partial charge in [-0.25, -0.2) is 0 Å². The van der Waals surface area contributed by atoms with Crippen molar-refractivity contribution in [3.63, 3.8) is 0 Å². The van der Waals surface area contributed by atoms with Gasteiger partial charge in [-0.2, -0.15) is 0 Å². The van der Waals surface area contributed by atoms with E-state index >= 15 is 0 Å². The fraction of sp³-hybridized carbons (Fsp3) is 0.923. The SMILES string of the molecule is CN(C)C(=NCCCN1CCCCC1)N(C)C.I. The second kappa shape index (κ2) is 9.83. The number of piperidine rings is 1. The lowest BCUT2D eigenvalue weighted by atomic mass is 10.1. The largest absolute Gasteiger partial charge is 0.349 e. The molecule has 0 amide bonds. The Hall–Kier alpha value is -0.0400. The first-order valence-electron chi connectivity index (χ1n) is 6.72. The maximum atomic E-state index is 4.65. The number of hydrogen-bond donors (Lipinski definition) is 0. The van der Waals surface area contributed by atoms with Crippen molar-refractivity contribution in [1.29, 1.82) is 0 Å². The van der Waals surface area contributed by atoms with E-state index in [0.29, 0.717) is 0 Å². The molecule has 0 radical (unpaired) electrons. The molecule has 1 saturated heterocycles. The number of guanidine groups is 1. The number of halogens is 1. The summed E-state index contributed by atoms with van der Waals surface area (Å²) in [6.45, 7) is 4.72. The third-order valence-electron chi connectivity index (χ3n) is 3.13. The number of hydrogen-bond acceptors (Lipinski definition) is 2. The second-order valence-electron chi connectivity index (χ2n) is 5.23. The van der Waals surface area contributed by atoms with Crippen LogP contribution >= 0.6 is 24.0 Å². The molecule has 0 aliphatic carbocycles. The van der Waals surface area contributed by atoms with Gasteiger partial charge < -0.3 is 14.7 Å². The van der Waals surface area contributed by atoms with E-state index in [2.05, 4.69) is 19.7 Å². The van der Waals surface area contributed by atoms with Gasteiger partial charge in [-0.1, -0.05) is 6.42 Å². The summed E-state index contributed by atoms with van der Waals surface area (Å²) in [6.07, 6.45) is 5.35. The summed E-state index contributed by atoms with van der Waals surface area (Å²) in [6, 6.07) is 0. The predicted molar refractivity (Wildman–Crippen MR) is 90.0 cm³/mol. The van der Waals surface area contributed by atoms with Crippen molar-refractivity contribution in [2.45, 2.75) is 25.7 Å². The predicted octanol–water partition coefficient (Wildman–Crippen LogP) is 1.96. The van der Waals surface area contributed by atoms with Crippen molar-refractivity contribution >= 4 is 29.9 Å². The van der Waals surface area contributed by atoms with Crippen LogP contribution in [0.15, 0.2) is 4.99 Å². The molecule has 5 heteroatoms. The third kappa shape index (κ3) is 6.78. The monoisotopic (exact) mass is 368 g/mol. The lowest BCUT2D eigenvalue weighted by Crippen LogP contribution is -2.36. The quantitative estimate of drug-likeness (QED) is 0.328. The number of rotatable bonds is 4. The summed E-state index contributed by atoms with van der Waals surface area (Å²) in [5.74, 6) is 1.06. The smallest absolute Gasteiger partial charge is 0.195 e. The summed E-state index contributed by atoms with van der Waals surface area (Å²) in [5.41, 5.74) is 0. The van der Waals surface area contributed by atoms with E-state index in [1.54, 1.807) is 0 Å². The maximum Gasteiger partial charge on any atom is 0.195 e. The molecular weight excluding hydrogens is 339 g/mol. The number of nitrogens with zero attached hydrogens (tertiary/aromatic N) is 4. The highest BCUT2D eigenvalue weighted by Gasteiger charge is 2.09. The van der Waals surface area contributed by atoms with Crippen molar-refractivity contribution in [2.75, 3.05) is 54.4 Å². The minimum absolute atomic E-state index is 0. The second-order valence-corrected chi connectivity index (χ2v) is 5.23. The molecule has 0 aromatic carbocycles. The van der Waals surface area contributed by atoms with E-state index in [9.17, 15) is 0 Å². The molecule has 0 unspecified atom stereocenters. The summed E-state index contributed by atoms with van der Waals surface area (Å²) >= 11 is 0. The standard InChI is InChI=1S/C13H28N4.HI/c1-15(2)13(16(3)4)14-9-8-12-17-10-6-5-7-11-17;/h5-12H2,1-4H3;1H. The highest BCUT2D eigenvalue weighted by Crippen LogP contribution is 2.08. The fourth-order valence-electron chi connectivity index (χ4n) is 2.34. The first-order valence-corrected chi connectivity index (χ1v) is 6.72. The first-order chi connectivity index (χ1) is 8.11. The van der Waals surface area contributed by atoms with E-state index < -0.39 is 0 Å². The van der Waals surface area contributed by atoms with Crippen LogP contribution in [0.4, 0.5) is 0 Å². The summed E-state index contributed by atoms with van der Waals surface area (Å²) in [4.78, 5) is 11.4. The van der Waals surface area contributed by atoms with Crippen molar-refractivity contribution in [3.05, 3.63) is 0 Å². The number of likely N-dealkylation sites (tertiary alicyclic amines) is 1. The van der Waals surface area contributed by atoms with E-state index in [-0.39, 0.29) is 24.0 Å². The minimum Gasteiger partial charge on any atom is -0.349 e. The topological polar surface area (TPSA) is 22.1 Å². The zero-order valence-electron chi connectivity index (χ0n) is 12.4. The Bertz CT molecular complexity index is 225. The van der Waals surface area contributed by atoms with Crippen LogP contribution in [0.1, 0.15) is 25.7 Å². The van der Waals surface area contributed by atoms with Crippen molar-refractivity contribution in [2.24, 2.45) is 4.99 Å². The summed E-state index contributed by atoms with van der Waals surface area (Å²) in [5, 5.41) is 0. The van der Waals surface area contributed by atoms with Crippen LogP contribution in [0.5, 0.6) is 0 Å². The van der Waals surface area contributed by atoms with Crippen molar-refractivity contribution in [1.82, 2.24) is 14.7 Å². The van der Waals surface area contributed by atoms with Gasteiger partial charge in [0.15, 0.2) is 5.96 Å². The molecule has 1 aliphatic rings. The molecule has 0 spiro atoms. The van der Waals surface area contributed by atoms with Gasteiger partial charge in [-0.05, 0) is 38.9 Å². The third-order valence-corrected chi connectivity index (χ3v) is 3.13. The zero-order valence-corrected chi connectivity index (χ0v) is 14.7. The van der Waals surface area contributed by atoms with Crippen LogP contribution in [0.2, 0.25) is 0 Å². The summed E-state index contributed by atoms with van der Waals surface area (Å²) in [7, 11) is 8.18. The van der Waals surface area contributed by atoms with Gasteiger partial charge >= 0.3 is 0 Å². The highest BCUT2D eigenvalue weighted by molar-refractivity contribution is 14.0.